The Morgan fingerprint density at radius 3 is 2.46 bits per heavy atom. The fraction of sp³-hybridized carbons (Fsp3) is 0.571. The molecule has 0 unspecified atom stereocenters. The third-order valence-corrected chi connectivity index (χ3v) is 6.68. The number of rotatable bonds is 5. The summed E-state index contributed by atoms with van der Waals surface area (Å²) >= 11 is 0. The first-order valence-electron chi connectivity index (χ1n) is 10.9. The van der Waals surface area contributed by atoms with Gasteiger partial charge in [0, 0.05) is 31.1 Å². The molecule has 0 spiro atoms. The summed E-state index contributed by atoms with van der Waals surface area (Å²) in [4.78, 5) is 38.7. The van der Waals surface area contributed by atoms with E-state index >= 15 is 4.39 Å². The first-order chi connectivity index (χ1) is 16.0. The SMILES string of the molecule is CC(C)CN(C[C@H]1Cc2c(cc(O)c(N3CC(=O)NS3(=O)=O)c2F)N1C(=O)O)C(=O)OC(C)(C)C. The van der Waals surface area contributed by atoms with Crippen LogP contribution < -0.4 is 13.9 Å². The molecule has 14 heteroatoms. The van der Waals surface area contributed by atoms with Gasteiger partial charge in [-0.2, -0.15) is 8.42 Å². The van der Waals surface area contributed by atoms with Gasteiger partial charge in [0.05, 0.1) is 11.7 Å². The average Bonchev–Trinajstić information content (AvgIpc) is 3.15. The van der Waals surface area contributed by atoms with E-state index in [-0.39, 0.29) is 36.7 Å². The van der Waals surface area contributed by atoms with Gasteiger partial charge in [0.1, 0.15) is 23.6 Å². The van der Waals surface area contributed by atoms with Gasteiger partial charge >= 0.3 is 22.4 Å². The Bertz CT molecular complexity index is 1160. The molecule has 3 rings (SSSR count). The second kappa shape index (κ2) is 9.06. The number of halogens is 1. The van der Waals surface area contributed by atoms with Crippen LogP contribution in [0.5, 0.6) is 5.75 Å². The number of nitrogens with zero attached hydrogens (tertiary/aromatic N) is 3. The van der Waals surface area contributed by atoms with Crippen LogP contribution in [0.4, 0.5) is 25.4 Å². The van der Waals surface area contributed by atoms with Gasteiger partial charge in [0.2, 0.25) is 0 Å². The molecule has 35 heavy (non-hydrogen) atoms. The number of phenols is 1. The van der Waals surface area contributed by atoms with E-state index in [2.05, 4.69) is 0 Å². The maximum Gasteiger partial charge on any atom is 0.412 e. The summed E-state index contributed by atoms with van der Waals surface area (Å²) in [6, 6.07) is 0.00772. The number of phenolic OH excluding ortho intramolecular Hbond substituents is 1. The fourth-order valence-electron chi connectivity index (χ4n) is 4.12. The van der Waals surface area contributed by atoms with E-state index < -0.39 is 63.7 Å². The van der Waals surface area contributed by atoms with Crippen LogP contribution >= 0.6 is 0 Å². The van der Waals surface area contributed by atoms with Gasteiger partial charge in [-0.1, -0.05) is 13.8 Å². The summed E-state index contributed by atoms with van der Waals surface area (Å²) in [7, 11) is -4.42. The van der Waals surface area contributed by atoms with Crippen LogP contribution in [0.1, 0.15) is 40.2 Å². The number of carbonyl (C=O) groups is 3. The highest BCUT2D eigenvalue weighted by Crippen LogP contribution is 2.44. The molecule has 194 valence electrons. The van der Waals surface area contributed by atoms with Crippen molar-refractivity contribution >= 4 is 39.7 Å². The van der Waals surface area contributed by atoms with E-state index in [1.165, 1.54) is 4.90 Å². The Morgan fingerprint density at radius 2 is 1.97 bits per heavy atom. The molecule has 0 aliphatic carbocycles. The van der Waals surface area contributed by atoms with Crippen LogP contribution in [-0.4, -0.2) is 72.9 Å². The van der Waals surface area contributed by atoms with E-state index in [9.17, 15) is 33.0 Å². The van der Waals surface area contributed by atoms with Crippen molar-refractivity contribution in [1.29, 1.82) is 0 Å². The zero-order valence-corrected chi connectivity index (χ0v) is 20.8. The fourth-order valence-corrected chi connectivity index (χ4v) is 5.28. The number of carboxylic acid groups (broad SMARTS) is 1. The van der Waals surface area contributed by atoms with Gasteiger partial charge in [-0.05, 0) is 26.7 Å². The second-order valence-corrected chi connectivity index (χ2v) is 11.5. The maximum absolute atomic E-state index is 15.6. The summed E-state index contributed by atoms with van der Waals surface area (Å²) in [5, 5.41) is 20.3. The quantitative estimate of drug-likeness (QED) is 0.536. The molecule has 1 aromatic carbocycles. The molecule has 2 heterocycles. The Kier molecular flexibility index (Phi) is 6.81. The van der Waals surface area contributed by atoms with Gasteiger partial charge in [-0.3, -0.25) is 9.69 Å². The molecule has 1 saturated heterocycles. The average molecular weight is 517 g/mol. The number of benzene rings is 1. The first-order valence-corrected chi connectivity index (χ1v) is 12.3. The van der Waals surface area contributed by atoms with Crippen LogP contribution in [0.15, 0.2) is 6.07 Å². The predicted molar refractivity (Wildman–Crippen MR) is 123 cm³/mol. The number of fused-ring (bicyclic) bond motifs is 1. The van der Waals surface area contributed by atoms with E-state index in [1.807, 2.05) is 13.8 Å². The minimum atomic E-state index is -4.42. The monoisotopic (exact) mass is 516 g/mol. The number of carbonyl (C=O) groups excluding carboxylic acids is 2. The number of nitrogens with one attached hydrogen (secondary N) is 1. The lowest BCUT2D eigenvalue weighted by molar-refractivity contribution is -0.117. The van der Waals surface area contributed by atoms with Crippen molar-refractivity contribution in [2.24, 2.45) is 5.92 Å². The molecule has 0 bridgehead atoms. The van der Waals surface area contributed by atoms with E-state index in [0.717, 1.165) is 11.0 Å². The number of anilines is 2. The van der Waals surface area contributed by atoms with Crippen molar-refractivity contribution in [3.63, 3.8) is 0 Å². The highest BCUT2D eigenvalue weighted by atomic mass is 32.2. The molecule has 0 saturated carbocycles. The van der Waals surface area contributed by atoms with Crippen LogP contribution in [0.3, 0.4) is 0 Å². The minimum absolute atomic E-state index is 0.0161. The second-order valence-electron chi connectivity index (χ2n) is 9.88. The third kappa shape index (κ3) is 5.36. The number of aromatic hydroxyl groups is 1. The van der Waals surface area contributed by atoms with Crippen LogP contribution in [0.25, 0.3) is 0 Å². The Hall–Kier alpha value is -3.29. The highest BCUT2D eigenvalue weighted by Gasteiger charge is 2.43. The summed E-state index contributed by atoms with van der Waals surface area (Å²) in [5.41, 5.74) is -1.88. The van der Waals surface area contributed by atoms with Gasteiger partial charge < -0.3 is 19.8 Å². The Morgan fingerprint density at radius 1 is 1.34 bits per heavy atom. The maximum atomic E-state index is 15.6. The number of hydrogen-bond donors (Lipinski definition) is 3. The molecular formula is C21H29FN4O8S. The molecule has 3 amide bonds. The van der Waals surface area contributed by atoms with Crippen LogP contribution in [0, 0.1) is 11.7 Å². The zero-order chi connectivity index (χ0) is 26.5. The number of hydrogen-bond acceptors (Lipinski definition) is 7. The zero-order valence-electron chi connectivity index (χ0n) is 20.0. The Labute approximate surface area is 202 Å². The van der Waals surface area contributed by atoms with Crippen LogP contribution in [-0.2, 0) is 26.2 Å². The number of ether oxygens (including phenoxy) is 1. The normalized spacial score (nSPS) is 19.1. The smallest absolute Gasteiger partial charge is 0.412 e. The van der Waals surface area contributed by atoms with E-state index in [1.54, 1.807) is 25.5 Å². The van der Waals surface area contributed by atoms with Crippen molar-refractivity contribution in [3.8, 4) is 5.75 Å². The molecule has 1 atom stereocenters. The minimum Gasteiger partial charge on any atom is -0.506 e. The van der Waals surface area contributed by atoms with Crippen molar-refractivity contribution < 1.29 is 42.1 Å². The van der Waals surface area contributed by atoms with Gasteiger partial charge in [-0.15, -0.1) is 0 Å². The lowest BCUT2D eigenvalue weighted by atomic mass is 10.1. The van der Waals surface area contributed by atoms with Crippen molar-refractivity contribution in [3.05, 3.63) is 17.4 Å². The van der Waals surface area contributed by atoms with E-state index in [4.69, 9.17) is 4.74 Å². The molecular weight excluding hydrogens is 487 g/mol. The molecule has 2 aliphatic rings. The largest absolute Gasteiger partial charge is 0.506 e. The van der Waals surface area contributed by atoms with Gasteiger partial charge in [-0.25, -0.2) is 23.0 Å². The summed E-state index contributed by atoms with van der Waals surface area (Å²) in [6.45, 7) is 8.19. The lowest BCUT2D eigenvalue weighted by Crippen LogP contribution is -2.48. The lowest BCUT2D eigenvalue weighted by Gasteiger charge is -2.32. The van der Waals surface area contributed by atoms with E-state index in [0.29, 0.717) is 4.31 Å². The Balaban J connectivity index is 2.00. The van der Waals surface area contributed by atoms with Crippen LogP contribution in [0.2, 0.25) is 0 Å². The predicted octanol–water partition coefficient (Wildman–Crippen LogP) is 2.01. The summed E-state index contributed by atoms with van der Waals surface area (Å²) in [5.74, 6) is -2.90. The molecule has 0 aromatic heterocycles. The molecule has 12 nitrogen and oxygen atoms in total. The number of amides is 3. The molecule has 1 fully saturated rings. The topological polar surface area (TPSA) is 157 Å². The highest BCUT2D eigenvalue weighted by molar-refractivity contribution is 7.92. The van der Waals surface area contributed by atoms with Gasteiger partial charge in [0.25, 0.3) is 5.91 Å². The summed E-state index contributed by atoms with van der Waals surface area (Å²) in [6.07, 6.45) is -2.31. The standard InChI is InChI=1S/C21H29FN4O8S/c1-11(2)8-24(20(31)34-21(3,4)5)9-12-6-13-14(26(12)19(29)30)7-15(27)18(17(13)22)25-10-16(28)23-35(25,32)33/h7,11-12,27H,6,8-10H2,1-5H3,(H,23,28)(H,29,30)/t12-/m1/s1. The third-order valence-electron chi connectivity index (χ3n) is 5.31. The first kappa shape index (κ1) is 26.3. The van der Waals surface area contributed by atoms with Crippen molar-refractivity contribution in [2.45, 2.75) is 52.7 Å². The molecule has 0 radical (unpaired) electrons. The molecule has 1 aromatic rings. The van der Waals surface area contributed by atoms with Gasteiger partial charge in [0.15, 0.2) is 5.82 Å². The van der Waals surface area contributed by atoms with Crippen molar-refractivity contribution in [1.82, 2.24) is 9.62 Å². The summed E-state index contributed by atoms with van der Waals surface area (Å²) < 4.78 is 47.5. The van der Waals surface area contributed by atoms with Crippen molar-refractivity contribution in [2.75, 3.05) is 28.8 Å². The molecule has 3 N–H and O–H groups in total. The molecule has 2 aliphatic heterocycles.